The third-order valence-electron chi connectivity index (χ3n) is 6.19. The van der Waals surface area contributed by atoms with E-state index in [1.807, 2.05) is 60.7 Å². The van der Waals surface area contributed by atoms with E-state index in [4.69, 9.17) is 9.84 Å². The second-order valence-electron chi connectivity index (χ2n) is 8.54. The van der Waals surface area contributed by atoms with Crippen molar-refractivity contribution in [1.29, 1.82) is 0 Å². The van der Waals surface area contributed by atoms with E-state index in [1.54, 1.807) is 6.07 Å². The van der Waals surface area contributed by atoms with Gasteiger partial charge in [0.2, 0.25) is 5.91 Å². The molecule has 4 rings (SSSR count). The first-order valence-corrected chi connectivity index (χ1v) is 11.4. The van der Waals surface area contributed by atoms with Gasteiger partial charge in [0.15, 0.2) is 12.4 Å². The summed E-state index contributed by atoms with van der Waals surface area (Å²) in [7, 11) is 0. The number of halogens is 1. The zero-order valence-corrected chi connectivity index (χ0v) is 19.4. The number of carboxylic acids is 1. The summed E-state index contributed by atoms with van der Waals surface area (Å²) in [5.74, 6) is -3.05. The van der Waals surface area contributed by atoms with Crippen LogP contribution in [0.3, 0.4) is 0 Å². The summed E-state index contributed by atoms with van der Waals surface area (Å²) >= 11 is 0. The first kappa shape index (κ1) is 24.8. The molecule has 0 radical (unpaired) electrons. The number of fused-ring (bicyclic) bond motifs is 2. The highest BCUT2D eigenvalue weighted by atomic mass is 19.1. The van der Waals surface area contributed by atoms with Crippen molar-refractivity contribution in [1.82, 2.24) is 10.2 Å². The Hall–Kier alpha value is -4.27. The lowest BCUT2D eigenvalue weighted by molar-refractivity contribution is -0.145. The van der Waals surface area contributed by atoms with Gasteiger partial charge < -0.3 is 20.1 Å². The summed E-state index contributed by atoms with van der Waals surface area (Å²) in [6.07, 6.45) is -0.596. The van der Waals surface area contributed by atoms with Crippen LogP contribution >= 0.6 is 0 Å². The molecular formula is C27H25FN2O6. The van der Waals surface area contributed by atoms with E-state index in [1.165, 1.54) is 4.90 Å². The molecular weight excluding hydrogens is 467 g/mol. The van der Waals surface area contributed by atoms with Gasteiger partial charge >= 0.3 is 5.97 Å². The number of carbonyl (C=O) groups excluding carboxylic acids is 3. The molecule has 2 N–H and O–H groups in total. The zero-order chi connectivity index (χ0) is 25.7. The molecule has 36 heavy (non-hydrogen) atoms. The molecule has 186 valence electrons. The third-order valence-corrected chi connectivity index (χ3v) is 6.19. The Balaban J connectivity index is 1.55. The molecule has 0 aliphatic carbocycles. The number of benzene rings is 3. The predicted molar refractivity (Wildman–Crippen MR) is 129 cm³/mol. The fraction of sp³-hybridized carbons (Fsp3) is 0.259. The average Bonchev–Trinajstić information content (AvgIpc) is 2.89. The first-order chi connectivity index (χ1) is 17.4. The number of nitrogens with zero attached hydrogens (tertiary/aromatic N) is 1. The lowest BCUT2D eigenvalue weighted by Gasteiger charge is -2.36. The normalized spacial score (nSPS) is 15.6. The molecule has 9 heteroatoms. The van der Waals surface area contributed by atoms with Crippen LogP contribution < -0.4 is 10.1 Å². The van der Waals surface area contributed by atoms with Gasteiger partial charge in [-0.25, -0.2) is 4.39 Å². The molecule has 3 aromatic carbocycles. The number of carboxylic acid groups (broad SMARTS) is 1. The van der Waals surface area contributed by atoms with E-state index in [9.17, 15) is 23.6 Å². The van der Waals surface area contributed by atoms with E-state index < -0.39 is 48.7 Å². The number of nitrogens with one attached hydrogen (secondary N) is 1. The van der Waals surface area contributed by atoms with Crippen molar-refractivity contribution in [2.24, 2.45) is 0 Å². The summed E-state index contributed by atoms with van der Waals surface area (Å²) in [5.41, 5.74) is 1.71. The van der Waals surface area contributed by atoms with E-state index in [0.717, 1.165) is 21.9 Å². The van der Waals surface area contributed by atoms with Crippen LogP contribution in [0.5, 0.6) is 5.75 Å². The van der Waals surface area contributed by atoms with Crippen LogP contribution in [0.2, 0.25) is 0 Å². The second-order valence-corrected chi connectivity index (χ2v) is 8.54. The fourth-order valence-electron chi connectivity index (χ4n) is 4.34. The first-order valence-electron chi connectivity index (χ1n) is 11.4. The molecule has 0 fully saturated rings. The number of ketones is 1. The van der Waals surface area contributed by atoms with Crippen LogP contribution in [-0.4, -0.2) is 58.9 Å². The van der Waals surface area contributed by atoms with Gasteiger partial charge in [-0.15, -0.1) is 0 Å². The molecule has 2 amide bonds. The molecule has 2 atom stereocenters. The molecule has 1 aliphatic rings. The molecule has 2 unspecified atom stereocenters. The van der Waals surface area contributed by atoms with E-state index in [2.05, 4.69) is 5.32 Å². The fourth-order valence-corrected chi connectivity index (χ4v) is 4.34. The average molecular weight is 493 g/mol. The highest BCUT2D eigenvalue weighted by Crippen LogP contribution is 2.27. The van der Waals surface area contributed by atoms with Gasteiger partial charge in [0, 0.05) is 18.4 Å². The number of hydrogen-bond donors (Lipinski definition) is 2. The topological polar surface area (TPSA) is 113 Å². The molecule has 3 aromatic rings. The molecule has 0 spiro atoms. The number of alkyl halides is 1. The maximum absolute atomic E-state index is 13.3. The molecule has 0 saturated carbocycles. The minimum atomic E-state index is -1.53. The Morgan fingerprint density at radius 1 is 1.00 bits per heavy atom. The smallest absolute Gasteiger partial charge is 0.305 e. The van der Waals surface area contributed by atoms with Crippen LogP contribution in [-0.2, 0) is 32.1 Å². The largest absolute Gasteiger partial charge is 0.483 e. The predicted octanol–water partition coefficient (Wildman–Crippen LogP) is 2.67. The van der Waals surface area contributed by atoms with Gasteiger partial charge in [-0.05, 0) is 22.6 Å². The lowest BCUT2D eigenvalue weighted by Crippen LogP contribution is -2.56. The van der Waals surface area contributed by atoms with Gasteiger partial charge in [-0.2, -0.15) is 0 Å². The lowest BCUT2D eigenvalue weighted by atomic mass is 9.93. The number of aliphatic carboxylic acids is 1. The van der Waals surface area contributed by atoms with Crippen LogP contribution in [0.4, 0.5) is 4.39 Å². The Morgan fingerprint density at radius 2 is 1.69 bits per heavy atom. The minimum Gasteiger partial charge on any atom is -0.483 e. The summed E-state index contributed by atoms with van der Waals surface area (Å²) < 4.78 is 18.8. The van der Waals surface area contributed by atoms with Crippen LogP contribution in [0, 0.1) is 0 Å². The van der Waals surface area contributed by atoms with Crippen LogP contribution in [0.25, 0.3) is 10.8 Å². The SMILES string of the molecule is O=C(O)CC(NC(=O)C1Cc2ccccc2CN1C(=O)COc1cccc2ccccc12)C(=O)CF. The molecule has 0 bridgehead atoms. The number of Topliss-reactive ketones (excluding diaryl/α,β-unsaturated/α-hetero) is 1. The van der Waals surface area contributed by atoms with Crippen molar-refractivity contribution >= 4 is 34.3 Å². The molecule has 1 heterocycles. The quantitative estimate of drug-likeness (QED) is 0.475. The third kappa shape index (κ3) is 5.51. The van der Waals surface area contributed by atoms with E-state index in [-0.39, 0.29) is 19.6 Å². The van der Waals surface area contributed by atoms with Gasteiger partial charge in [0.05, 0.1) is 6.42 Å². The van der Waals surface area contributed by atoms with Crippen molar-refractivity contribution in [3.8, 4) is 5.75 Å². The van der Waals surface area contributed by atoms with Crippen molar-refractivity contribution in [2.45, 2.75) is 31.5 Å². The Kier molecular flexibility index (Phi) is 7.58. The summed E-state index contributed by atoms with van der Waals surface area (Å²) in [6.45, 7) is -1.61. The van der Waals surface area contributed by atoms with Gasteiger partial charge in [-0.3, -0.25) is 19.2 Å². The van der Waals surface area contributed by atoms with E-state index >= 15 is 0 Å². The number of hydrogen-bond acceptors (Lipinski definition) is 5. The van der Waals surface area contributed by atoms with Gasteiger partial charge in [0.1, 0.15) is 24.5 Å². The molecule has 0 aromatic heterocycles. The van der Waals surface area contributed by atoms with Crippen molar-refractivity contribution < 1.29 is 33.4 Å². The zero-order valence-electron chi connectivity index (χ0n) is 19.4. The molecule has 8 nitrogen and oxygen atoms in total. The standard InChI is InChI=1S/C27H25FN2O6/c28-14-23(31)21(13-26(33)34)29-27(35)22-12-18-7-1-2-8-19(18)15-30(22)25(32)16-36-24-11-5-9-17-6-3-4-10-20(17)24/h1-11,21-22H,12-16H2,(H,29,35)(H,33,34). The second kappa shape index (κ2) is 11.0. The van der Waals surface area contributed by atoms with Gasteiger partial charge in [0.25, 0.3) is 5.91 Å². The summed E-state index contributed by atoms with van der Waals surface area (Å²) in [4.78, 5) is 50.8. The highest BCUT2D eigenvalue weighted by Gasteiger charge is 2.36. The number of amides is 2. The van der Waals surface area contributed by atoms with Crippen molar-refractivity contribution in [3.63, 3.8) is 0 Å². The number of rotatable bonds is 9. The Labute approximate surface area is 206 Å². The van der Waals surface area contributed by atoms with Crippen molar-refractivity contribution in [3.05, 3.63) is 77.9 Å². The van der Waals surface area contributed by atoms with Crippen LogP contribution in [0.15, 0.2) is 66.7 Å². The van der Waals surface area contributed by atoms with E-state index in [0.29, 0.717) is 5.75 Å². The maximum atomic E-state index is 13.3. The Morgan fingerprint density at radius 3 is 2.44 bits per heavy atom. The minimum absolute atomic E-state index is 0.132. The molecule has 0 saturated heterocycles. The highest BCUT2D eigenvalue weighted by molar-refractivity contribution is 5.95. The Bertz CT molecular complexity index is 1300. The van der Waals surface area contributed by atoms with Crippen molar-refractivity contribution in [2.75, 3.05) is 13.3 Å². The van der Waals surface area contributed by atoms with Crippen LogP contribution in [0.1, 0.15) is 17.5 Å². The number of ether oxygens (including phenoxy) is 1. The summed E-state index contributed by atoms with van der Waals surface area (Å²) in [6, 6.07) is 17.9. The summed E-state index contributed by atoms with van der Waals surface area (Å²) in [5, 5.41) is 13.2. The molecule has 1 aliphatic heterocycles. The number of carbonyl (C=O) groups is 4. The monoisotopic (exact) mass is 492 g/mol. The van der Waals surface area contributed by atoms with Gasteiger partial charge in [-0.1, -0.05) is 60.7 Å². The maximum Gasteiger partial charge on any atom is 0.305 e.